The van der Waals surface area contributed by atoms with E-state index in [1.165, 1.54) is 57.8 Å². The zero-order chi connectivity index (χ0) is 17.0. The van der Waals surface area contributed by atoms with Crippen LogP contribution in [0.15, 0.2) is 35.2 Å². The summed E-state index contributed by atoms with van der Waals surface area (Å²) in [5.41, 5.74) is -3.10. The molecule has 0 aliphatic carbocycles. The number of hydrogen-bond acceptors (Lipinski definition) is 0. The predicted molar refractivity (Wildman–Crippen MR) is 109 cm³/mol. The van der Waals surface area contributed by atoms with Gasteiger partial charge in [0.1, 0.15) is 0 Å². The van der Waals surface area contributed by atoms with Gasteiger partial charge >= 0.3 is 0 Å². The number of hydrogen-bond donors (Lipinski definition) is 3. The van der Waals surface area contributed by atoms with Gasteiger partial charge in [0.25, 0.3) is 0 Å². The van der Waals surface area contributed by atoms with Crippen LogP contribution < -0.4 is 0 Å². The fourth-order valence-corrected chi connectivity index (χ4v) is 8.32. The Hall–Kier alpha value is 0.270. The van der Waals surface area contributed by atoms with E-state index in [-0.39, 0.29) is 0 Å². The van der Waals surface area contributed by atoms with Crippen molar-refractivity contribution in [2.75, 3.05) is 5.75 Å². The Morgan fingerprint density at radius 2 is 1.30 bits per heavy atom. The van der Waals surface area contributed by atoms with E-state index < -0.39 is 15.8 Å². The summed E-state index contributed by atoms with van der Waals surface area (Å²) in [4.78, 5) is 21.1. The van der Waals surface area contributed by atoms with Crippen molar-refractivity contribution in [2.45, 2.75) is 76.0 Å². The molecule has 1 rings (SSSR count). The molecule has 0 heterocycles. The van der Waals surface area contributed by atoms with Crippen LogP contribution in [0.4, 0.5) is 0 Å². The Morgan fingerprint density at radius 3 is 1.78 bits per heavy atom. The van der Waals surface area contributed by atoms with Gasteiger partial charge < -0.3 is 9.79 Å². The van der Waals surface area contributed by atoms with Gasteiger partial charge in [-0.25, -0.2) is 0 Å². The third-order valence-electron chi connectivity index (χ3n) is 4.00. The molecule has 5 heteroatoms. The maximum atomic E-state index is 10.0. The monoisotopic (exact) mass is 376 g/mol. The van der Waals surface area contributed by atoms with Crippen molar-refractivity contribution in [3.63, 3.8) is 0 Å². The van der Waals surface area contributed by atoms with Gasteiger partial charge in [-0.1, -0.05) is 95.2 Å². The van der Waals surface area contributed by atoms with E-state index in [1.54, 1.807) is 0 Å². The van der Waals surface area contributed by atoms with Crippen LogP contribution in [0, 0.1) is 0 Å². The second-order valence-electron chi connectivity index (χ2n) is 6.08. The van der Waals surface area contributed by atoms with E-state index in [0.717, 1.165) is 17.1 Å². The van der Waals surface area contributed by atoms with Crippen molar-refractivity contribution in [2.24, 2.45) is 0 Å². The molecule has 0 aromatic heterocycles. The second-order valence-corrected chi connectivity index (χ2v) is 14.0. The Morgan fingerprint density at radius 1 is 0.826 bits per heavy atom. The standard InChI is InChI=1S/C18H33O2PS2/c1-2-3-4-5-6-7-8-9-10-14-17-23(21(19,20)22)18-15-12-11-13-16-18/h11-13,15-16,19-20,22H,2-10,14,17H2,1H3. The first-order valence-electron chi connectivity index (χ1n) is 8.89. The number of benzene rings is 1. The lowest BCUT2D eigenvalue weighted by atomic mass is 10.1. The zero-order valence-corrected chi connectivity index (χ0v) is 17.0. The highest BCUT2D eigenvalue weighted by atomic mass is 32.9. The maximum Gasteiger partial charge on any atom is 0.203 e. The van der Waals surface area contributed by atoms with Crippen LogP contribution >= 0.6 is 17.9 Å². The molecule has 0 radical (unpaired) electrons. The van der Waals surface area contributed by atoms with Gasteiger partial charge in [0.2, 0.25) is 5.69 Å². The lowest BCUT2D eigenvalue weighted by Crippen LogP contribution is -2.00. The summed E-state index contributed by atoms with van der Waals surface area (Å²) in [5, 5.41) is 0. The van der Waals surface area contributed by atoms with E-state index in [0.29, 0.717) is 0 Å². The highest BCUT2D eigenvalue weighted by Crippen LogP contribution is 2.49. The summed E-state index contributed by atoms with van der Waals surface area (Å²) in [6, 6.07) is 9.83. The van der Waals surface area contributed by atoms with Gasteiger partial charge in [-0.2, -0.15) is 0 Å². The van der Waals surface area contributed by atoms with Crippen molar-refractivity contribution in [1.82, 2.24) is 0 Å². The number of rotatable bonds is 12. The van der Waals surface area contributed by atoms with Crippen LogP contribution in [-0.4, -0.2) is 15.5 Å². The Balaban J connectivity index is 2.23. The predicted octanol–water partition coefficient (Wildman–Crippen LogP) is 6.18. The first kappa shape index (κ1) is 21.3. The Kier molecular flexibility index (Phi) is 11.7. The summed E-state index contributed by atoms with van der Waals surface area (Å²) in [7, 11) is -0.531. The summed E-state index contributed by atoms with van der Waals surface area (Å²) < 4.78 is 0. The van der Waals surface area contributed by atoms with E-state index in [2.05, 4.69) is 19.2 Å². The average molecular weight is 377 g/mol. The maximum absolute atomic E-state index is 10.0. The Bertz CT molecular complexity index is 463. The molecule has 0 aliphatic heterocycles. The average Bonchev–Trinajstić information content (AvgIpc) is 2.52. The molecule has 1 aromatic rings. The lowest BCUT2D eigenvalue weighted by molar-refractivity contribution is 0.502. The molecule has 0 spiro atoms. The molecular weight excluding hydrogens is 343 g/mol. The SMILES string of the molecule is CCCCCCCCCCCCS(c1ccccc1)=P(O)(O)S. The van der Waals surface area contributed by atoms with Crippen LogP contribution in [0.2, 0.25) is 0 Å². The minimum Gasteiger partial charge on any atom is -0.341 e. The van der Waals surface area contributed by atoms with Crippen molar-refractivity contribution >= 4 is 28.0 Å². The molecule has 0 bridgehead atoms. The largest absolute Gasteiger partial charge is 0.341 e. The summed E-state index contributed by atoms with van der Waals surface area (Å²) in [5.74, 6) is 0.838. The molecule has 1 atom stereocenters. The van der Waals surface area contributed by atoms with Crippen LogP contribution in [0.1, 0.15) is 71.1 Å². The molecule has 2 N–H and O–H groups in total. The summed E-state index contributed by atoms with van der Waals surface area (Å²) in [6.45, 7) is 2.25. The second kappa shape index (κ2) is 12.6. The third kappa shape index (κ3) is 9.99. The quantitative estimate of drug-likeness (QED) is 0.232. The Labute approximate surface area is 150 Å². The molecular formula is C18H33O2PS2. The van der Waals surface area contributed by atoms with E-state index in [4.69, 9.17) is 0 Å². The first-order valence-corrected chi connectivity index (χ1v) is 13.7. The highest BCUT2D eigenvalue weighted by molar-refractivity contribution is 8.65. The van der Waals surface area contributed by atoms with Crippen molar-refractivity contribution in [1.29, 1.82) is 0 Å². The van der Waals surface area contributed by atoms with Crippen molar-refractivity contribution in [3.05, 3.63) is 30.3 Å². The molecule has 23 heavy (non-hydrogen) atoms. The summed E-state index contributed by atoms with van der Waals surface area (Å²) in [6.07, 6.45) is 13.0. The first-order chi connectivity index (χ1) is 11.1. The molecule has 0 saturated heterocycles. The third-order valence-corrected chi connectivity index (χ3v) is 10.8. The number of unbranched alkanes of at least 4 members (excludes halogenated alkanes) is 9. The molecule has 0 saturated carbocycles. The normalized spacial score (nSPS) is 13.2. The minimum absolute atomic E-state index is 0.531. The van der Waals surface area contributed by atoms with Gasteiger partial charge in [0, 0.05) is 4.90 Å². The highest BCUT2D eigenvalue weighted by Gasteiger charge is 2.12. The van der Waals surface area contributed by atoms with Crippen molar-refractivity contribution in [3.8, 4) is 0 Å². The minimum atomic E-state index is -3.10. The molecule has 2 nitrogen and oxygen atoms in total. The lowest BCUT2D eigenvalue weighted by Gasteiger charge is -2.16. The van der Waals surface area contributed by atoms with Gasteiger partial charge in [-0.05, 0) is 24.3 Å². The van der Waals surface area contributed by atoms with Crippen LogP contribution in [-0.2, 0) is 10.1 Å². The fourth-order valence-electron chi connectivity index (χ4n) is 2.69. The van der Waals surface area contributed by atoms with Crippen LogP contribution in [0.25, 0.3) is 0 Å². The molecule has 0 aliphatic rings. The van der Waals surface area contributed by atoms with Gasteiger partial charge in [-0.3, -0.25) is 0 Å². The summed E-state index contributed by atoms with van der Waals surface area (Å²) >= 11 is 4.09. The van der Waals surface area contributed by atoms with E-state index >= 15 is 0 Å². The van der Waals surface area contributed by atoms with Gasteiger partial charge in [-0.15, -0.1) is 10.1 Å². The molecule has 0 fully saturated rings. The van der Waals surface area contributed by atoms with Gasteiger partial charge in [0.15, 0.2) is 0 Å². The molecule has 1 unspecified atom stereocenters. The van der Waals surface area contributed by atoms with E-state index in [1.807, 2.05) is 30.3 Å². The van der Waals surface area contributed by atoms with Crippen LogP contribution in [0.3, 0.4) is 0 Å². The fraction of sp³-hybridized carbons (Fsp3) is 0.667. The van der Waals surface area contributed by atoms with E-state index in [9.17, 15) is 9.79 Å². The van der Waals surface area contributed by atoms with Crippen molar-refractivity contribution < 1.29 is 9.79 Å². The molecule has 1 aromatic carbocycles. The smallest absolute Gasteiger partial charge is 0.203 e. The van der Waals surface area contributed by atoms with Gasteiger partial charge in [0.05, 0.1) is 0 Å². The molecule has 0 amide bonds. The molecule has 134 valence electrons. The topological polar surface area (TPSA) is 40.5 Å². The van der Waals surface area contributed by atoms with Crippen LogP contribution in [0.5, 0.6) is 0 Å². The number of thiol groups is 1. The zero-order valence-electron chi connectivity index (χ0n) is 14.4.